The van der Waals surface area contributed by atoms with Gasteiger partial charge < -0.3 is 16.4 Å². The molecule has 1 aliphatic rings. The number of primary amides is 1. The molecule has 1 aromatic carbocycles. The Morgan fingerprint density at radius 1 is 1.12 bits per heavy atom. The van der Waals surface area contributed by atoms with Gasteiger partial charge in [-0.05, 0) is 42.7 Å². The lowest BCUT2D eigenvalue weighted by atomic mass is 10.1. The summed E-state index contributed by atoms with van der Waals surface area (Å²) in [6.45, 7) is 2.03. The molecule has 0 saturated heterocycles. The van der Waals surface area contributed by atoms with Crippen LogP contribution in [-0.2, 0) is 4.79 Å². The molecule has 4 N–H and O–H groups in total. The lowest BCUT2D eigenvalue weighted by Crippen LogP contribution is -2.16. The first kappa shape index (κ1) is 16.6. The van der Waals surface area contributed by atoms with Crippen LogP contribution in [0, 0.1) is 11.8 Å². The molecule has 128 valence electrons. The fourth-order valence-corrected chi connectivity index (χ4v) is 2.48. The van der Waals surface area contributed by atoms with E-state index in [4.69, 9.17) is 5.73 Å². The fraction of sp³-hybridized carbons (Fsp3) is 0.222. The van der Waals surface area contributed by atoms with Crippen LogP contribution in [-0.4, -0.2) is 22.7 Å². The number of hydrogen-bond acceptors (Lipinski definition) is 4. The molecule has 1 aliphatic carbocycles. The summed E-state index contributed by atoms with van der Waals surface area (Å²) in [7, 11) is 0. The number of carbonyl (C=O) groups excluding carboxylic acids is 3. The minimum Gasteiger partial charge on any atom is -0.364 e. The van der Waals surface area contributed by atoms with Gasteiger partial charge in [0.15, 0.2) is 0 Å². The van der Waals surface area contributed by atoms with Crippen molar-refractivity contribution in [3.05, 3.63) is 53.9 Å². The van der Waals surface area contributed by atoms with E-state index < -0.39 is 5.91 Å². The van der Waals surface area contributed by atoms with E-state index in [1.54, 1.807) is 30.3 Å². The third-order valence-corrected chi connectivity index (χ3v) is 4.11. The van der Waals surface area contributed by atoms with Crippen molar-refractivity contribution in [3.63, 3.8) is 0 Å². The molecule has 1 saturated carbocycles. The zero-order valence-electron chi connectivity index (χ0n) is 13.7. The van der Waals surface area contributed by atoms with E-state index >= 15 is 0 Å². The van der Waals surface area contributed by atoms with E-state index in [-0.39, 0.29) is 23.4 Å². The molecule has 1 aromatic heterocycles. The molecular weight excluding hydrogens is 320 g/mol. The highest BCUT2D eigenvalue weighted by molar-refractivity contribution is 6.05. The summed E-state index contributed by atoms with van der Waals surface area (Å²) in [5, 5.41) is 5.51. The Kier molecular flexibility index (Phi) is 4.47. The molecule has 25 heavy (non-hydrogen) atoms. The summed E-state index contributed by atoms with van der Waals surface area (Å²) < 4.78 is 0. The standard InChI is InChI=1S/C18H18N4O3/c1-10-7-14(10)18(25)21-12-4-2-3-11(8-12)17(24)22-13-5-6-15(16(19)23)20-9-13/h2-6,8-10,14H,7H2,1H3,(H2,19,23)(H,21,25)(H,22,24)/t10-,14-/m0/s1. The van der Waals surface area contributed by atoms with Crippen molar-refractivity contribution in [1.82, 2.24) is 4.98 Å². The molecule has 0 aliphatic heterocycles. The Morgan fingerprint density at radius 2 is 1.88 bits per heavy atom. The van der Waals surface area contributed by atoms with E-state index in [1.165, 1.54) is 12.3 Å². The number of pyridine rings is 1. The van der Waals surface area contributed by atoms with Crippen molar-refractivity contribution >= 4 is 29.1 Å². The zero-order chi connectivity index (χ0) is 18.0. The van der Waals surface area contributed by atoms with Crippen molar-refractivity contribution in [1.29, 1.82) is 0 Å². The number of rotatable bonds is 5. The molecular formula is C18H18N4O3. The van der Waals surface area contributed by atoms with E-state index in [1.807, 2.05) is 6.92 Å². The maximum absolute atomic E-state index is 12.3. The number of nitrogens with zero attached hydrogens (tertiary/aromatic N) is 1. The van der Waals surface area contributed by atoms with Crippen LogP contribution in [0.2, 0.25) is 0 Å². The minimum atomic E-state index is -0.633. The van der Waals surface area contributed by atoms with Crippen LogP contribution in [0.3, 0.4) is 0 Å². The normalized spacial score (nSPS) is 18.3. The molecule has 0 radical (unpaired) electrons. The van der Waals surface area contributed by atoms with E-state index in [2.05, 4.69) is 15.6 Å². The smallest absolute Gasteiger partial charge is 0.267 e. The Morgan fingerprint density at radius 3 is 2.48 bits per heavy atom. The lowest BCUT2D eigenvalue weighted by Gasteiger charge is -2.08. The highest BCUT2D eigenvalue weighted by Crippen LogP contribution is 2.38. The molecule has 0 spiro atoms. The van der Waals surface area contributed by atoms with Gasteiger partial charge in [0.25, 0.3) is 11.8 Å². The number of carbonyl (C=O) groups is 3. The maximum atomic E-state index is 12.3. The summed E-state index contributed by atoms with van der Waals surface area (Å²) >= 11 is 0. The molecule has 7 heteroatoms. The van der Waals surface area contributed by atoms with Crippen LogP contribution >= 0.6 is 0 Å². The van der Waals surface area contributed by atoms with Crippen LogP contribution < -0.4 is 16.4 Å². The number of hydrogen-bond donors (Lipinski definition) is 3. The monoisotopic (exact) mass is 338 g/mol. The number of amides is 3. The van der Waals surface area contributed by atoms with E-state index in [9.17, 15) is 14.4 Å². The number of anilines is 2. The number of nitrogens with two attached hydrogens (primary N) is 1. The summed E-state index contributed by atoms with van der Waals surface area (Å²) in [6.07, 6.45) is 2.26. The Hall–Kier alpha value is -3.22. The maximum Gasteiger partial charge on any atom is 0.267 e. The first-order chi connectivity index (χ1) is 11.9. The summed E-state index contributed by atoms with van der Waals surface area (Å²) in [5.41, 5.74) is 6.67. The van der Waals surface area contributed by atoms with Gasteiger partial charge in [-0.2, -0.15) is 0 Å². The fourth-order valence-electron chi connectivity index (χ4n) is 2.48. The molecule has 2 aromatic rings. The first-order valence-corrected chi connectivity index (χ1v) is 7.92. The number of benzene rings is 1. The third kappa shape index (κ3) is 4.00. The largest absolute Gasteiger partial charge is 0.364 e. The molecule has 1 heterocycles. The number of nitrogens with one attached hydrogen (secondary N) is 2. The third-order valence-electron chi connectivity index (χ3n) is 4.11. The topological polar surface area (TPSA) is 114 Å². The second-order valence-corrected chi connectivity index (χ2v) is 6.14. The van der Waals surface area contributed by atoms with E-state index in [0.29, 0.717) is 22.9 Å². The van der Waals surface area contributed by atoms with Crippen molar-refractivity contribution in [3.8, 4) is 0 Å². The van der Waals surface area contributed by atoms with Crippen molar-refractivity contribution in [2.45, 2.75) is 13.3 Å². The Bertz CT molecular complexity index is 832. The lowest BCUT2D eigenvalue weighted by molar-refractivity contribution is -0.117. The molecule has 2 atom stereocenters. The van der Waals surface area contributed by atoms with Crippen molar-refractivity contribution < 1.29 is 14.4 Å². The molecule has 0 bridgehead atoms. The molecule has 0 unspecified atom stereocenters. The number of aromatic nitrogens is 1. The summed E-state index contributed by atoms with van der Waals surface area (Å²) in [4.78, 5) is 39.2. The van der Waals surface area contributed by atoms with Gasteiger partial charge in [-0.3, -0.25) is 14.4 Å². The molecule has 7 nitrogen and oxygen atoms in total. The van der Waals surface area contributed by atoms with Gasteiger partial charge >= 0.3 is 0 Å². The average Bonchev–Trinajstić information content (AvgIpc) is 3.32. The molecule has 3 amide bonds. The second kappa shape index (κ2) is 6.72. The van der Waals surface area contributed by atoms with E-state index in [0.717, 1.165) is 6.42 Å². The zero-order valence-corrected chi connectivity index (χ0v) is 13.7. The van der Waals surface area contributed by atoms with Gasteiger partial charge in [0.1, 0.15) is 5.69 Å². The van der Waals surface area contributed by atoms with Crippen LogP contribution in [0.25, 0.3) is 0 Å². The SMILES string of the molecule is C[C@H]1C[C@@H]1C(=O)Nc1cccc(C(=O)Nc2ccc(C(N)=O)nc2)c1. The van der Waals surface area contributed by atoms with Crippen molar-refractivity contribution in [2.24, 2.45) is 17.6 Å². The highest BCUT2D eigenvalue weighted by Gasteiger charge is 2.39. The molecule has 1 fully saturated rings. The minimum absolute atomic E-state index is 0.0173. The highest BCUT2D eigenvalue weighted by atomic mass is 16.2. The van der Waals surface area contributed by atoms with Gasteiger partial charge in [0.2, 0.25) is 5.91 Å². The van der Waals surface area contributed by atoms with Crippen LogP contribution in [0.15, 0.2) is 42.6 Å². The second-order valence-electron chi connectivity index (χ2n) is 6.14. The van der Waals surface area contributed by atoms with Gasteiger partial charge in [-0.15, -0.1) is 0 Å². The van der Waals surface area contributed by atoms with Gasteiger partial charge in [0.05, 0.1) is 11.9 Å². The Labute approximate surface area is 144 Å². The molecule has 3 rings (SSSR count). The van der Waals surface area contributed by atoms with Crippen LogP contribution in [0.1, 0.15) is 34.2 Å². The van der Waals surface area contributed by atoms with Gasteiger partial charge in [-0.1, -0.05) is 13.0 Å². The predicted molar refractivity (Wildman–Crippen MR) is 93.1 cm³/mol. The predicted octanol–water partition coefficient (Wildman–Crippen LogP) is 2.03. The first-order valence-electron chi connectivity index (χ1n) is 7.92. The van der Waals surface area contributed by atoms with Crippen molar-refractivity contribution in [2.75, 3.05) is 10.6 Å². The summed E-state index contributed by atoms with van der Waals surface area (Å²) in [5.74, 6) is -0.512. The van der Waals surface area contributed by atoms with Gasteiger partial charge in [0, 0.05) is 17.2 Å². The average molecular weight is 338 g/mol. The van der Waals surface area contributed by atoms with Crippen LogP contribution in [0.4, 0.5) is 11.4 Å². The van der Waals surface area contributed by atoms with Crippen LogP contribution in [0.5, 0.6) is 0 Å². The quantitative estimate of drug-likeness (QED) is 0.774. The Balaban J connectivity index is 1.66. The summed E-state index contributed by atoms with van der Waals surface area (Å²) in [6, 6.07) is 9.69. The van der Waals surface area contributed by atoms with Gasteiger partial charge in [-0.25, -0.2) is 4.98 Å².